The van der Waals surface area contributed by atoms with Gasteiger partial charge in [0.1, 0.15) is 0 Å². The molecular formula is C12H21N3. The second-order valence-electron chi connectivity index (χ2n) is 5.12. The highest BCUT2D eigenvalue weighted by Gasteiger charge is 2.40. The van der Waals surface area contributed by atoms with Gasteiger partial charge < -0.3 is 4.90 Å². The number of rotatable bonds is 3. The maximum Gasteiger partial charge on any atom is 0.0635 e. The topological polar surface area (TPSA) is 30.3 Å². The van der Waals surface area contributed by atoms with Crippen LogP contribution in [0.3, 0.4) is 0 Å². The predicted molar refractivity (Wildman–Crippen MR) is 60.5 cm³/mol. The Kier molecular flexibility index (Phi) is 3.28. The van der Waals surface area contributed by atoms with Crippen LogP contribution in [0.25, 0.3) is 0 Å². The third kappa shape index (κ3) is 2.16. The molecule has 2 saturated heterocycles. The normalized spacial score (nSPS) is 35.7. The molecule has 2 bridgehead atoms. The Morgan fingerprint density at radius 3 is 2.33 bits per heavy atom. The molecule has 2 rings (SSSR count). The van der Waals surface area contributed by atoms with Crippen molar-refractivity contribution in [3.63, 3.8) is 0 Å². The Hall–Kier alpha value is -0.590. The molecule has 3 nitrogen and oxygen atoms in total. The summed E-state index contributed by atoms with van der Waals surface area (Å²) in [6.07, 6.45) is 5.99. The summed E-state index contributed by atoms with van der Waals surface area (Å²) in [4.78, 5) is 4.95. The van der Waals surface area contributed by atoms with Crippen LogP contribution in [0.2, 0.25) is 0 Å². The maximum absolute atomic E-state index is 8.65. The molecule has 0 aromatic rings. The summed E-state index contributed by atoms with van der Waals surface area (Å²) in [5.74, 6) is 0. The Balaban J connectivity index is 1.95. The molecule has 0 spiro atoms. The van der Waals surface area contributed by atoms with E-state index in [1.165, 1.54) is 25.7 Å². The third-order valence-corrected chi connectivity index (χ3v) is 4.07. The zero-order chi connectivity index (χ0) is 10.8. The van der Waals surface area contributed by atoms with Crippen LogP contribution in [0.5, 0.6) is 0 Å². The fraction of sp³-hybridized carbons (Fsp3) is 0.917. The van der Waals surface area contributed by atoms with Crippen molar-refractivity contribution in [2.75, 3.05) is 20.6 Å². The molecule has 2 aliphatic rings. The van der Waals surface area contributed by atoms with Crippen LogP contribution in [0.4, 0.5) is 0 Å². The van der Waals surface area contributed by atoms with Gasteiger partial charge in [0.15, 0.2) is 0 Å². The molecule has 0 aliphatic carbocycles. The summed E-state index contributed by atoms with van der Waals surface area (Å²) < 4.78 is 0. The lowest BCUT2D eigenvalue weighted by Gasteiger charge is -2.41. The minimum Gasteiger partial charge on any atom is -0.306 e. The van der Waals surface area contributed by atoms with Crippen LogP contribution in [0, 0.1) is 11.3 Å². The molecule has 2 heterocycles. The highest BCUT2D eigenvalue weighted by molar-refractivity contribution is 4.98. The van der Waals surface area contributed by atoms with Gasteiger partial charge in [-0.2, -0.15) is 5.26 Å². The van der Waals surface area contributed by atoms with Crippen LogP contribution in [0.15, 0.2) is 0 Å². The van der Waals surface area contributed by atoms with Crippen molar-refractivity contribution in [3.05, 3.63) is 0 Å². The average Bonchev–Trinajstić information content (AvgIpc) is 2.47. The highest BCUT2D eigenvalue weighted by Crippen LogP contribution is 2.36. The fourth-order valence-electron chi connectivity index (χ4n) is 3.21. The van der Waals surface area contributed by atoms with Crippen LogP contribution >= 0.6 is 0 Å². The van der Waals surface area contributed by atoms with Gasteiger partial charge >= 0.3 is 0 Å². The van der Waals surface area contributed by atoms with E-state index in [1.807, 2.05) is 0 Å². The van der Waals surface area contributed by atoms with Gasteiger partial charge in [-0.25, -0.2) is 0 Å². The van der Waals surface area contributed by atoms with E-state index >= 15 is 0 Å². The first-order valence-electron chi connectivity index (χ1n) is 6.01. The molecule has 0 saturated carbocycles. The molecule has 2 fully saturated rings. The molecule has 0 aromatic heterocycles. The van der Waals surface area contributed by atoms with Crippen LogP contribution in [-0.2, 0) is 0 Å². The fourth-order valence-corrected chi connectivity index (χ4v) is 3.21. The third-order valence-electron chi connectivity index (χ3n) is 4.07. The number of nitriles is 1. The van der Waals surface area contributed by atoms with E-state index in [4.69, 9.17) is 5.26 Å². The first-order chi connectivity index (χ1) is 7.22. The average molecular weight is 207 g/mol. The van der Waals surface area contributed by atoms with Gasteiger partial charge in [-0.05, 0) is 39.8 Å². The second-order valence-corrected chi connectivity index (χ2v) is 5.12. The molecule has 15 heavy (non-hydrogen) atoms. The Morgan fingerprint density at radius 1 is 1.27 bits per heavy atom. The van der Waals surface area contributed by atoms with E-state index in [9.17, 15) is 0 Å². The summed E-state index contributed by atoms with van der Waals surface area (Å²) in [6.45, 7) is 0.992. The predicted octanol–water partition coefficient (Wildman–Crippen LogP) is 1.46. The highest BCUT2D eigenvalue weighted by atomic mass is 15.2. The molecular weight excluding hydrogens is 186 g/mol. The van der Waals surface area contributed by atoms with Gasteiger partial charge in [-0.3, -0.25) is 4.90 Å². The van der Waals surface area contributed by atoms with Crippen molar-refractivity contribution >= 4 is 0 Å². The SMILES string of the molecule is CN(C)C1C[C@H]2CC[C@@H](C1)N2CCC#N. The van der Waals surface area contributed by atoms with Gasteiger partial charge in [0, 0.05) is 31.1 Å². The zero-order valence-corrected chi connectivity index (χ0v) is 9.82. The first kappa shape index (κ1) is 10.9. The van der Waals surface area contributed by atoms with Crippen molar-refractivity contribution < 1.29 is 0 Å². The summed E-state index contributed by atoms with van der Waals surface area (Å²) in [6, 6.07) is 4.54. The lowest BCUT2D eigenvalue weighted by atomic mass is 9.96. The Bertz CT molecular complexity index is 242. The van der Waals surface area contributed by atoms with Crippen LogP contribution < -0.4 is 0 Å². The van der Waals surface area contributed by atoms with Crippen molar-refractivity contribution in [1.29, 1.82) is 5.26 Å². The summed E-state index contributed by atoms with van der Waals surface area (Å²) in [7, 11) is 4.38. The van der Waals surface area contributed by atoms with E-state index in [2.05, 4.69) is 30.0 Å². The second kappa shape index (κ2) is 4.51. The largest absolute Gasteiger partial charge is 0.306 e. The zero-order valence-electron chi connectivity index (χ0n) is 9.82. The number of hydrogen-bond donors (Lipinski definition) is 0. The van der Waals surface area contributed by atoms with Crippen LogP contribution in [-0.4, -0.2) is 48.6 Å². The van der Waals surface area contributed by atoms with E-state index in [-0.39, 0.29) is 0 Å². The van der Waals surface area contributed by atoms with Crippen molar-refractivity contribution in [1.82, 2.24) is 9.80 Å². The lowest BCUT2D eigenvalue weighted by Crippen LogP contribution is -2.48. The molecule has 1 unspecified atom stereocenters. The standard InChI is InChI=1S/C12H21N3/c1-14(2)12-8-10-4-5-11(9-12)15(10)7-3-6-13/h10-12H,3-5,7-9H2,1-2H3/t10-,11+,12?. The Labute approximate surface area is 92.7 Å². The number of hydrogen-bond acceptors (Lipinski definition) is 3. The van der Waals surface area contributed by atoms with Crippen molar-refractivity contribution in [3.8, 4) is 6.07 Å². The van der Waals surface area contributed by atoms with E-state index in [1.54, 1.807) is 0 Å². The van der Waals surface area contributed by atoms with Gasteiger partial charge in [-0.15, -0.1) is 0 Å². The minimum absolute atomic E-state index is 0.694. The molecule has 0 amide bonds. The Morgan fingerprint density at radius 2 is 1.87 bits per heavy atom. The lowest BCUT2D eigenvalue weighted by molar-refractivity contribution is 0.0830. The van der Waals surface area contributed by atoms with Gasteiger partial charge in [0.05, 0.1) is 6.07 Å². The molecule has 3 atom stereocenters. The van der Waals surface area contributed by atoms with Gasteiger partial charge in [-0.1, -0.05) is 0 Å². The number of fused-ring (bicyclic) bond motifs is 2. The molecule has 3 heteroatoms. The molecule has 0 N–H and O–H groups in total. The van der Waals surface area contributed by atoms with Gasteiger partial charge in [0.25, 0.3) is 0 Å². The summed E-state index contributed by atoms with van der Waals surface area (Å²) >= 11 is 0. The minimum atomic E-state index is 0.694. The monoisotopic (exact) mass is 207 g/mol. The van der Waals surface area contributed by atoms with E-state index in [0.717, 1.165) is 24.7 Å². The van der Waals surface area contributed by atoms with Gasteiger partial charge in [0.2, 0.25) is 0 Å². The van der Waals surface area contributed by atoms with Crippen molar-refractivity contribution in [2.45, 2.75) is 50.2 Å². The van der Waals surface area contributed by atoms with Crippen LogP contribution in [0.1, 0.15) is 32.1 Å². The molecule has 84 valence electrons. The first-order valence-corrected chi connectivity index (χ1v) is 6.01. The molecule has 0 aromatic carbocycles. The van der Waals surface area contributed by atoms with Crippen molar-refractivity contribution in [2.24, 2.45) is 0 Å². The quantitative estimate of drug-likeness (QED) is 0.702. The maximum atomic E-state index is 8.65. The van der Waals surface area contributed by atoms with E-state index < -0.39 is 0 Å². The molecule has 2 aliphatic heterocycles. The summed E-state index contributed by atoms with van der Waals surface area (Å²) in [5.41, 5.74) is 0. The number of nitrogens with zero attached hydrogens (tertiary/aromatic N) is 3. The number of piperidine rings is 1. The summed E-state index contributed by atoms with van der Waals surface area (Å²) in [5, 5.41) is 8.65. The van der Waals surface area contributed by atoms with E-state index in [0.29, 0.717) is 6.42 Å². The molecule has 0 radical (unpaired) electrons. The smallest absolute Gasteiger partial charge is 0.0635 e.